The van der Waals surface area contributed by atoms with Crippen LogP contribution in [0.15, 0.2) is 0 Å². The highest BCUT2D eigenvalue weighted by molar-refractivity contribution is 5.78. The average Bonchev–Trinajstić information content (AvgIpc) is 2.25. The average molecular weight is 209 g/mol. The second kappa shape index (κ2) is 6.44. The fraction of sp³-hybridized carbons (Fsp3) is 0.727. The predicted molar refractivity (Wildman–Crippen MR) is 60.4 cm³/mol. The molecule has 0 aromatic rings. The molecular formula is C11H19N3O. The molecule has 0 unspecified atom stereocenters. The summed E-state index contributed by atoms with van der Waals surface area (Å²) in [5, 5.41) is 3.02. The minimum absolute atomic E-state index is 0.181. The Labute approximate surface area is 91.6 Å². The molecule has 1 aliphatic rings. The molecule has 0 spiro atoms. The third-order valence-electron chi connectivity index (χ3n) is 2.52. The van der Waals surface area contributed by atoms with Crippen LogP contribution in [0.25, 0.3) is 0 Å². The van der Waals surface area contributed by atoms with Gasteiger partial charge in [0.1, 0.15) is 0 Å². The van der Waals surface area contributed by atoms with Crippen LogP contribution in [0.1, 0.15) is 6.92 Å². The first kappa shape index (κ1) is 12.0. The van der Waals surface area contributed by atoms with E-state index in [0.717, 1.165) is 26.2 Å². The molecule has 0 saturated carbocycles. The molecule has 1 amide bonds. The van der Waals surface area contributed by atoms with E-state index in [1.165, 1.54) is 0 Å². The number of amides is 1. The lowest BCUT2D eigenvalue weighted by molar-refractivity contribution is -0.131. The minimum atomic E-state index is 0.181. The molecule has 1 saturated heterocycles. The molecule has 1 aliphatic heterocycles. The zero-order chi connectivity index (χ0) is 11.1. The van der Waals surface area contributed by atoms with Crippen LogP contribution in [-0.4, -0.2) is 62.0 Å². The zero-order valence-corrected chi connectivity index (χ0v) is 9.55. The summed E-state index contributed by atoms with van der Waals surface area (Å²) in [5.74, 6) is 5.84. The molecular weight excluding hydrogens is 190 g/mol. The van der Waals surface area contributed by atoms with Gasteiger partial charge in [-0.2, -0.15) is 0 Å². The van der Waals surface area contributed by atoms with Crippen molar-refractivity contribution in [3.8, 4) is 11.8 Å². The van der Waals surface area contributed by atoms with Crippen LogP contribution in [0.3, 0.4) is 0 Å². The number of hydrogen-bond acceptors (Lipinski definition) is 3. The molecule has 84 valence electrons. The Hall–Kier alpha value is -1.05. The largest absolute Gasteiger partial charge is 0.339 e. The number of nitrogens with zero attached hydrogens (tertiary/aromatic N) is 2. The van der Waals surface area contributed by atoms with Crippen molar-refractivity contribution >= 4 is 5.91 Å². The van der Waals surface area contributed by atoms with E-state index >= 15 is 0 Å². The molecule has 4 nitrogen and oxygen atoms in total. The lowest BCUT2D eigenvalue weighted by Crippen LogP contribution is -2.49. The SMILES string of the molecule is CC#CCNCC(=O)N1CCN(C)CC1. The lowest BCUT2D eigenvalue weighted by atomic mass is 10.3. The van der Waals surface area contributed by atoms with Gasteiger partial charge in [-0.25, -0.2) is 0 Å². The van der Waals surface area contributed by atoms with Crippen LogP contribution in [0.2, 0.25) is 0 Å². The van der Waals surface area contributed by atoms with Gasteiger partial charge in [-0.15, -0.1) is 5.92 Å². The highest BCUT2D eigenvalue weighted by Crippen LogP contribution is 1.98. The van der Waals surface area contributed by atoms with Crippen molar-refractivity contribution in [3.05, 3.63) is 0 Å². The number of hydrogen-bond donors (Lipinski definition) is 1. The first-order valence-electron chi connectivity index (χ1n) is 5.30. The van der Waals surface area contributed by atoms with Crippen molar-refractivity contribution in [1.29, 1.82) is 0 Å². The van der Waals surface area contributed by atoms with Gasteiger partial charge in [-0.1, -0.05) is 5.92 Å². The Morgan fingerprint density at radius 1 is 1.33 bits per heavy atom. The standard InChI is InChI=1S/C11H19N3O/c1-3-4-5-12-10-11(15)14-8-6-13(2)7-9-14/h12H,5-10H2,1-2H3. The van der Waals surface area contributed by atoms with Crippen molar-refractivity contribution in [1.82, 2.24) is 15.1 Å². The van der Waals surface area contributed by atoms with E-state index in [1.807, 2.05) is 4.90 Å². The molecule has 0 aromatic heterocycles. The molecule has 15 heavy (non-hydrogen) atoms. The highest BCUT2D eigenvalue weighted by Gasteiger charge is 2.17. The maximum absolute atomic E-state index is 11.7. The van der Waals surface area contributed by atoms with Crippen LogP contribution in [0.4, 0.5) is 0 Å². The first-order valence-corrected chi connectivity index (χ1v) is 5.30. The fourth-order valence-electron chi connectivity index (χ4n) is 1.49. The normalized spacial score (nSPS) is 17.1. The van der Waals surface area contributed by atoms with Crippen molar-refractivity contribution in [3.63, 3.8) is 0 Å². The van der Waals surface area contributed by atoms with Crippen molar-refractivity contribution in [2.45, 2.75) is 6.92 Å². The molecule has 1 heterocycles. The number of likely N-dealkylation sites (N-methyl/N-ethyl adjacent to an activating group) is 1. The van der Waals surface area contributed by atoms with E-state index in [0.29, 0.717) is 13.1 Å². The Morgan fingerprint density at radius 3 is 2.60 bits per heavy atom. The summed E-state index contributed by atoms with van der Waals surface area (Å²) in [6.07, 6.45) is 0. The van der Waals surface area contributed by atoms with Gasteiger partial charge >= 0.3 is 0 Å². The molecule has 4 heteroatoms. The smallest absolute Gasteiger partial charge is 0.236 e. The van der Waals surface area contributed by atoms with E-state index in [2.05, 4.69) is 29.1 Å². The second-order valence-electron chi connectivity index (χ2n) is 3.71. The third-order valence-corrected chi connectivity index (χ3v) is 2.52. The number of carbonyl (C=O) groups is 1. The molecule has 0 radical (unpaired) electrons. The maximum Gasteiger partial charge on any atom is 0.236 e. The summed E-state index contributed by atoms with van der Waals surface area (Å²) in [4.78, 5) is 15.8. The zero-order valence-electron chi connectivity index (χ0n) is 9.55. The monoisotopic (exact) mass is 209 g/mol. The van der Waals surface area contributed by atoms with Gasteiger partial charge in [0.25, 0.3) is 0 Å². The van der Waals surface area contributed by atoms with Gasteiger partial charge < -0.3 is 9.80 Å². The molecule has 0 aliphatic carbocycles. The van der Waals surface area contributed by atoms with Crippen molar-refractivity contribution in [2.75, 3.05) is 46.3 Å². The highest BCUT2D eigenvalue weighted by atomic mass is 16.2. The molecule has 0 aromatic carbocycles. The van der Waals surface area contributed by atoms with E-state index in [-0.39, 0.29) is 5.91 Å². The molecule has 1 N–H and O–H groups in total. The fourth-order valence-corrected chi connectivity index (χ4v) is 1.49. The van der Waals surface area contributed by atoms with E-state index in [9.17, 15) is 4.79 Å². The summed E-state index contributed by atoms with van der Waals surface area (Å²) in [6, 6.07) is 0. The number of rotatable bonds is 3. The summed E-state index contributed by atoms with van der Waals surface area (Å²) in [7, 11) is 2.08. The van der Waals surface area contributed by atoms with Gasteiger partial charge in [-0.3, -0.25) is 10.1 Å². The van der Waals surface area contributed by atoms with Gasteiger partial charge in [0.05, 0.1) is 13.1 Å². The van der Waals surface area contributed by atoms with Crippen LogP contribution < -0.4 is 5.32 Å². The number of nitrogens with one attached hydrogen (secondary N) is 1. The van der Waals surface area contributed by atoms with Gasteiger partial charge in [0.2, 0.25) is 5.91 Å². The van der Waals surface area contributed by atoms with Crippen LogP contribution in [0.5, 0.6) is 0 Å². The predicted octanol–water partition coefficient (Wildman–Crippen LogP) is -0.627. The number of piperazine rings is 1. The first-order chi connectivity index (χ1) is 7.24. The molecule has 1 rings (SSSR count). The molecule has 0 bridgehead atoms. The third kappa shape index (κ3) is 4.32. The van der Waals surface area contributed by atoms with Gasteiger partial charge in [0.15, 0.2) is 0 Å². The number of carbonyl (C=O) groups excluding carboxylic acids is 1. The quantitative estimate of drug-likeness (QED) is 0.497. The Morgan fingerprint density at radius 2 is 2.00 bits per heavy atom. The summed E-state index contributed by atoms with van der Waals surface area (Å²) >= 11 is 0. The van der Waals surface area contributed by atoms with E-state index < -0.39 is 0 Å². The Balaban J connectivity index is 2.18. The van der Waals surface area contributed by atoms with Gasteiger partial charge in [0, 0.05) is 26.2 Å². The van der Waals surface area contributed by atoms with E-state index in [1.54, 1.807) is 6.92 Å². The molecule has 0 atom stereocenters. The van der Waals surface area contributed by atoms with Crippen LogP contribution >= 0.6 is 0 Å². The summed E-state index contributed by atoms with van der Waals surface area (Å²) in [6.45, 7) is 6.42. The topological polar surface area (TPSA) is 35.6 Å². The second-order valence-corrected chi connectivity index (χ2v) is 3.71. The summed E-state index contributed by atoms with van der Waals surface area (Å²) in [5.41, 5.74) is 0. The minimum Gasteiger partial charge on any atom is -0.339 e. The van der Waals surface area contributed by atoms with Crippen LogP contribution in [-0.2, 0) is 4.79 Å². The van der Waals surface area contributed by atoms with Crippen molar-refractivity contribution in [2.24, 2.45) is 0 Å². The summed E-state index contributed by atoms with van der Waals surface area (Å²) < 4.78 is 0. The Kier molecular flexibility index (Phi) is 5.16. The van der Waals surface area contributed by atoms with Crippen molar-refractivity contribution < 1.29 is 4.79 Å². The maximum atomic E-state index is 11.7. The Bertz CT molecular complexity index is 259. The lowest BCUT2D eigenvalue weighted by Gasteiger charge is -2.32. The molecule has 1 fully saturated rings. The van der Waals surface area contributed by atoms with E-state index in [4.69, 9.17) is 0 Å². The van der Waals surface area contributed by atoms with Crippen LogP contribution in [0, 0.1) is 11.8 Å². The van der Waals surface area contributed by atoms with Gasteiger partial charge in [-0.05, 0) is 14.0 Å².